The average Bonchev–Trinajstić information content (AvgIpc) is 2.60. The predicted octanol–water partition coefficient (Wildman–Crippen LogP) is 3.91. The van der Waals surface area contributed by atoms with Gasteiger partial charge < -0.3 is 5.32 Å². The van der Waals surface area contributed by atoms with E-state index in [-0.39, 0.29) is 0 Å². The molecule has 0 aromatic rings. The minimum Gasteiger partial charge on any atom is -0.313 e. The van der Waals surface area contributed by atoms with Crippen LogP contribution in [-0.4, -0.2) is 36.6 Å². The molecule has 2 heteroatoms. The summed E-state index contributed by atoms with van der Waals surface area (Å²) in [7, 11) is 0. The van der Waals surface area contributed by atoms with Crippen molar-refractivity contribution in [3.05, 3.63) is 0 Å². The zero-order valence-corrected chi connectivity index (χ0v) is 14.1. The summed E-state index contributed by atoms with van der Waals surface area (Å²) in [4.78, 5) is 2.71. The molecule has 0 aliphatic carbocycles. The van der Waals surface area contributed by atoms with Crippen LogP contribution in [0.5, 0.6) is 0 Å². The van der Waals surface area contributed by atoms with Crippen molar-refractivity contribution in [1.29, 1.82) is 0 Å². The standard InChI is InChI=1S/C17H36N2/c1-7-11-18-14(2)15(3)19-12-8-9-16(10-13-19)17(4,5)6/h14-16,18H,7-13H2,1-6H3. The molecule has 1 saturated heterocycles. The molecule has 1 rings (SSSR count). The fourth-order valence-electron chi connectivity index (χ4n) is 3.25. The van der Waals surface area contributed by atoms with Crippen LogP contribution in [0.25, 0.3) is 0 Å². The highest BCUT2D eigenvalue weighted by atomic mass is 15.2. The summed E-state index contributed by atoms with van der Waals surface area (Å²) < 4.78 is 0. The summed E-state index contributed by atoms with van der Waals surface area (Å²) in [6, 6.07) is 1.26. The summed E-state index contributed by atoms with van der Waals surface area (Å²) in [5, 5.41) is 3.65. The SMILES string of the molecule is CCCNC(C)C(C)N1CCCC(C(C)(C)C)CC1. The number of likely N-dealkylation sites (tertiary alicyclic amines) is 1. The van der Waals surface area contributed by atoms with Crippen molar-refractivity contribution >= 4 is 0 Å². The van der Waals surface area contributed by atoms with Gasteiger partial charge in [0.25, 0.3) is 0 Å². The molecule has 114 valence electrons. The van der Waals surface area contributed by atoms with E-state index in [2.05, 4.69) is 51.8 Å². The number of hydrogen-bond acceptors (Lipinski definition) is 2. The highest BCUT2D eigenvalue weighted by molar-refractivity contribution is 4.83. The largest absolute Gasteiger partial charge is 0.313 e. The molecule has 0 saturated carbocycles. The summed E-state index contributed by atoms with van der Waals surface area (Å²) in [6.07, 6.45) is 5.37. The third kappa shape index (κ3) is 5.43. The van der Waals surface area contributed by atoms with Crippen LogP contribution in [0.2, 0.25) is 0 Å². The molecule has 19 heavy (non-hydrogen) atoms. The summed E-state index contributed by atoms with van der Waals surface area (Å²) in [5.74, 6) is 0.892. The van der Waals surface area contributed by atoms with Crippen LogP contribution < -0.4 is 5.32 Å². The van der Waals surface area contributed by atoms with Gasteiger partial charge in [-0.3, -0.25) is 4.90 Å². The second kappa shape index (κ2) is 7.64. The van der Waals surface area contributed by atoms with Gasteiger partial charge in [-0.15, -0.1) is 0 Å². The molecule has 0 amide bonds. The molecule has 0 bridgehead atoms. The normalized spacial score (nSPS) is 25.9. The molecule has 3 atom stereocenters. The van der Waals surface area contributed by atoms with E-state index in [9.17, 15) is 0 Å². The molecular weight excluding hydrogens is 232 g/mol. The van der Waals surface area contributed by atoms with E-state index in [1.165, 1.54) is 38.8 Å². The number of nitrogens with one attached hydrogen (secondary N) is 1. The van der Waals surface area contributed by atoms with Crippen molar-refractivity contribution in [2.45, 2.75) is 79.3 Å². The molecule has 1 heterocycles. The Balaban J connectivity index is 2.47. The van der Waals surface area contributed by atoms with E-state index in [1.807, 2.05) is 0 Å². The molecule has 1 aliphatic rings. The molecule has 1 N–H and O–H groups in total. The first-order valence-electron chi connectivity index (χ1n) is 8.33. The lowest BCUT2D eigenvalue weighted by atomic mass is 9.77. The van der Waals surface area contributed by atoms with Gasteiger partial charge in [0, 0.05) is 12.1 Å². The number of hydrogen-bond donors (Lipinski definition) is 1. The lowest BCUT2D eigenvalue weighted by molar-refractivity contribution is 0.167. The van der Waals surface area contributed by atoms with Crippen molar-refractivity contribution in [2.75, 3.05) is 19.6 Å². The molecule has 1 fully saturated rings. The lowest BCUT2D eigenvalue weighted by Crippen LogP contribution is -2.47. The van der Waals surface area contributed by atoms with E-state index in [4.69, 9.17) is 0 Å². The fraction of sp³-hybridized carbons (Fsp3) is 1.00. The molecular formula is C17H36N2. The topological polar surface area (TPSA) is 15.3 Å². The number of nitrogens with zero attached hydrogens (tertiary/aromatic N) is 1. The van der Waals surface area contributed by atoms with Crippen LogP contribution in [-0.2, 0) is 0 Å². The van der Waals surface area contributed by atoms with Crippen LogP contribution in [0.15, 0.2) is 0 Å². The van der Waals surface area contributed by atoms with Crippen molar-refractivity contribution in [1.82, 2.24) is 10.2 Å². The second-order valence-corrected chi connectivity index (χ2v) is 7.51. The van der Waals surface area contributed by atoms with E-state index >= 15 is 0 Å². The average molecular weight is 268 g/mol. The van der Waals surface area contributed by atoms with Gasteiger partial charge in [0.2, 0.25) is 0 Å². The Kier molecular flexibility index (Phi) is 6.82. The van der Waals surface area contributed by atoms with Gasteiger partial charge in [0.15, 0.2) is 0 Å². The van der Waals surface area contributed by atoms with E-state index in [0.29, 0.717) is 17.5 Å². The van der Waals surface area contributed by atoms with Gasteiger partial charge in [0.1, 0.15) is 0 Å². The van der Waals surface area contributed by atoms with E-state index < -0.39 is 0 Å². The molecule has 0 spiro atoms. The minimum atomic E-state index is 0.478. The Morgan fingerprint density at radius 2 is 1.84 bits per heavy atom. The molecule has 3 unspecified atom stereocenters. The van der Waals surface area contributed by atoms with Crippen LogP contribution in [0, 0.1) is 11.3 Å². The summed E-state index contributed by atoms with van der Waals surface area (Å²) >= 11 is 0. The summed E-state index contributed by atoms with van der Waals surface area (Å²) in [5.41, 5.74) is 0.478. The first-order valence-corrected chi connectivity index (χ1v) is 8.33. The lowest BCUT2D eigenvalue weighted by Gasteiger charge is -2.33. The van der Waals surface area contributed by atoms with Crippen LogP contribution >= 0.6 is 0 Å². The Hall–Kier alpha value is -0.0800. The Bertz CT molecular complexity index is 244. The zero-order chi connectivity index (χ0) is 14.5. The van der Waals surface area contributed by atoms with Crippen LogP contribution in [0.1, 0.15) is 67.2 Å². The first-order chi connectivity index (χ1) is 8.86. The van der Waals surface area contributed by atoms with Crippen molar-refractivity contribution in [2.24, 2.45) is 11.3 Å². The Morgan fingerprint density at radius 1 is 1.16 bits per heavy atom. The maximum Gasteiger partial charge on any atom is 0.0218 e. The highest BCUT2D eigenvalue weighted by Crippen LogP contribution is 2.34. The van der Waals surface area contributed by atoms with Gasteiger partial charge in [-0.25, -0.2) is 0 Å². The monoisotopic (exact) mass is 268 g/mol. The maximum atomic E-state index is 3.65. The van der Waals surface area contributed by atoms with Crippen LogP contribution in [0.3, 0.4) is 0 Å². The molecule has 0 aromatic heterocycles. The third-order valence-corrected chi connectivity index (χ3v) is 5.00. The van der Waals surface area contributed by atoms with Gasteiger partial charge in [-0.2, -0.15) is 0 Å². The fourth-order valence-corrected chi connectivity index (χ4v) is 3.25. The Labute approximate surface area is 121 Å². The number of rotatable bonds is 5. The van der Waals surface area contributed by atoms with Gasteiger partial charge in [-0.1, -0.05) is 27.7 Å². The molecule has 1 aliphatic heterocycles. The summed E-state index contributed by atoms with van der Waals surface area (Å²) in [6.45, 7) is 17.9. The predicted molar refractivity (Wildman–Crippen MR) is 85.6 cm³/mol. The quantitative estimate of drug-likeness (QED) is 0.813. The molecule has 0 radical (unpaired) electrons. The smallest absolute Gasteiger partial charge is 0.0218 e. The van der Waals surface area contributed by atoms with Crippen LogP contribution in [0.4, 0.5) is 0 Å². The maximum absolute atomic E-state index is 3.65. The van der Waals surface area contributed by atoms with Gasteiger partial charge in [-0.05, 0) is 70.5 Å². The first kappa shape index (κ1) is 17.0. The van der Waals surface area contributed by atoms with E-state index in [0.717, 1.165) is 12.5 Å². The molecule has 2 nitrogen and oxygen atoms in total. The third-order valence-electron chi connectivity index (χ3n) is 5.00. The van der Waals surface area contributed by atoms with Gasteiger partial charge >= 0.3 is 0 Å². The van der Waals surface area contributed by atoms with Gasteiger partial charge in [0.05, 0.1) is 0 Å². The second-order valence-electron chi connectivity index (χ2n) is 7.51. The van der Waals surface area contributed by atoms with Crippen molar-refractivity contribution < 1.29 is 0 Å². The Morgan fingerprint density at radius 3 is 2.42 bits per heavy atom. The zero-order valence-electron chi connectivity index (χ0n) is 14.1. The highest BCUT2D eigenvalue weighted by Gasteiger charge is 2.29. The van der Waals surface area contributed by atoms with Crippen molar-refractivity contribution in [3.63, 3.8) is 0 Å². The van der Waals surface area contributed by atoms with E-state index in [1.54, 1.807) is 0 Å². The molecule has 0 aromatic carbocycles. The minimum absolute atomic E-state index is 0.478. The van der Waals surface area contributed by atoms with Crippen molar-refractivity contribution in [3.8, 4) is 0 Å².